The normalized spacial score (nSPS) is 15.1. The van der Waals surface area contributed by atoms with Gasteiger partial charge in [-0.1, -0.05) is 65.8 Å². The first-order valence-corrected chi connectivity index (χ1v) is 11.2. The third-order valence-corrected chi connectivity index (χ3v) is 6.03. The summed E-state index contributed by atoms with van der Waals surface area (Å²) >= 11 is 0. The molecule has 4 nitrogen and oxygen atoms in total. The van der Waals surface area contributed by atoms with Crippen LogP contribution in [0, 0.1) is 17.5 Å². The summed E-state index contributed by atoms with van der Waals surface area (Å²) in [6.45, 7) is -0.0105. The monoisotopic (exact) mass is 474 g/mol. The Morgan fingerprint density at radius 2 is 1.69 bits per heavy atom. The van der Waals surface area contributed by atoms with Gasteiger partial charge in [-0.15, -0.1) is 0 Å². The van der Waals surface area contributed by atoms with Crippen molar-refractivity contribution in [1.82, 2.24) is 4.90 Å². The van der Waals surface area contributed by atoms with Crippen molar-refractivity contribution in [2.45, 2.75) is 19.1 Å². The van der Waals surface area contributed by atoms with Gasteiger partial charge in [-0.05, 0) is 29.0 Å². The molecule has 1 aliphatic rings. The number of rotatable bonds is 6. The van der Waals surface area contributed by atoms with Gasteiger partial charge in [0, 0.05) is 35.7 Å². The molecular weight excluding hydrogens is 453 g/mol. The second-order valence-corrected chi connectivity index (χ2v) is 8.40. The number of hydrogen-bond acceptors (Lipinski definition) is 3. The van der Waals surface area contributed by atoms with E-state index >= 15 is 0 Å². The number of nitrogens with zero attached hydrogens (tertiary/aromatic N) is 2. The van der Waals surface area contributed by atoms with Gasteiger partial charge in [0.2, 0.25) is 0 Å². The van der Waals surface area contributed by atoms with Gasteiger partial charge in [0.1, 0.15) is 17.5 Å². The maximum atomic E-state index is 14.5. The van der Waals surface area contributed by atoms with Crippen molar-refractivity contribution in [3.63, 3.8) is 0 Å². The summed E-state index contributed by atoms with van der Waals surface area (Å²) < 4.78 is 42.2. The summed E-state index contributed by atoms with van der Waals surface area (Å²) in [7, 11) is 0. The molecule has 7 heteroatoms. The molecule has 0 unspecified atom stereocenters. The Labute approximate surface area is 200 Å². The van der Waals surface area contributed by atoms with Gasteiger partial charge in [0.25, 0.3) is 5.91 Å². The van der Waals surface area contributed by atoms with Crippen LogP contribution in [0.4, 0.5) is 13.2 Å². The molecule has 35 heavy (non-hydrogen) atoms. The zero-order valence-electron chi connectivity index (χ0n) is 18.6. The van der Waals surface area contributed by atoms with Crippen LogP contribution in [0.2, 0.25) is 0 Å². The highest BCUT2D eigenvalue weighted by atomic mass is 19.1. The molecule has 4 aromatic carbocycles. The molecule has 5 rings (SSSR count). The van der Waals surface area contributed by atoms with E-state index in [9.17, 15) is 18.0 Å². The van der Waals surface area contributed by atoms with Crippen LogP contribution in [0.25, 0.3) is 10.8 Å². The lowest BCUT2D eigenvalue weighted by Crippen LogP contribution is -2.37. The largest absolute Gasteiger partial charge is 0.390 e. The van der Waals surface area contributed by atoms with E-state index in [1.54, 1.807) is 30.3 Å². The van der Waals surface area contributed by atoms with Crippen LogP contribution in [-0.2, 0) is 11.4 Å². The third-order valence-electron chi connectivity index (χ3n) is 6.03. The predicted octanol–water partition coefficient (Wildman–Crippen LogP) is 6.09. The Bertz CT molecular complexity index is 1430. The second kappa shape index (κ2) is 9.62. The van der Waals surface area contributed by atoms with Gasteiger partial charge >= 0.3 is 0 Å². The Morgan fingerprint density at radius 3 is 2.51 bits per heavy atom. The lowest BCUT2D eigenvalue weighted by atomic mass is 10.0. The fourth-order valence-electron chi connectivity index (χ4n) is 4.28. The minimum atomic E-state index is -0.739. The average Bonchev–Trinajstić information content (AvgIpc) is 3.33. The first-order chi connectivity index (χ1) is 17.0. The van der Waals surface area contributed by atoms with Crippen LogP contribution in [0.1, 0.15) is 27.9 Å². The summed E-state index contributed by atoms with van der Waals surface area (Å²) in [6, 6.07) is 22.4. The first-order valence-electron chi connectivity index (χ1n) is 11.2. The smallest absolute Gasteiger partial charge is 0.254 e. The molecule has 0 saturated carbocycles. The van der Waals surface area contributed by atoms with Crippen LogP contribution in [0.3, 0.4) is 0 Å². The number of halogens is 3. The Hall–Kier alpha value is -4.13. The maximum absolute atomic E-state index is 14.5. The summed E-state index contributed by atoms with van der Waals surface area (Å²) in [5, 5.41) is 5.70. The topological polar surface area (TPSA) is 41.9 Å². The molecule has 1 amide bonds. The van der Waals surface area contributed by atoms with Gasteiger partial charge in [-0.25, -0.2) is 13.2 Å². The fraction of sp³-hybridized carbons (Fsp3) is 0.143. The van der Waals surface area contributed by atoms with E-state index in [2.05, 4.69) is 5.16 Å². The number of fused-ring (bicyclic) bond motifs is 1. The highest BCUT2D eigenvalue weighted by Crippen LogP contribution is 2.25. The summed E-state index contributed by atoms with van der Waals surface area (Å²) in [5.74, 6) is -2.17. The minimum absolute atomic E-state index is 0.0837. The number of oxime groups is 1. The van der Waals surface area contributed by atoms with Gasteiger partial charge in [0.05, 0.1) is 12.3 Å². The Morgan fingerprint density at radius 1 is 0.914 bits per heavy atom. The van der Waals surface area contributed by atoms with Gasteiger partial charge in [-0.2, -0.15) is 0 Å². The van der Waals surface area contributed by atoms with Gasteiger partial charge in [-0.3, -0.25) is 4.79 Å². The number of carbonyl (C=O) groups is 1. The number of hydrogen-bond donors (Lipinski definition) is 0. The molecule has 0 fully saturated rings. The van der Waals surface area contributed by atoms with E-state index in [0.29, 0.717) is 16.8 Å². The SMILES string of the molecule is O=C(c1cccc2ccccc12)N(Cc1ccc(F)cc1F)C[C@H]1CC(c2ccccc2F)=NO1. The van der Waals surface area contributed by atoms with E-state index in [4.69, 9.17) is 4.84 Å². The van der Waals surface area contributed by atoms with Crippen LogP contribution in [-0.4, -0.2) is 29.2 Å². The summed E-state index contributed by atoms with van der Waals surface area (Å²) in [4.78, 5) is 20.7. The van der Waals surface area contributed by atoms with Crippen molar-refractivity contribution in [3.05, 3.63) is 119 Å². The molecule has 1 aliphatic heterocycles. The molecule has 0 bridgehead atoms. The Balaban J connectivity index is 1.43. The molecule has 0 radical (unpaired) electrons. The van der Waals surface area contributed by atoms with E-state index in [-0.39, 0.29) is 31.0 Å². The molecule has 0 aliphatic carbocycles. The van der Waals surface area contributed by atoms with Crippen molar-refractivity contribution < 1.29 is 22.8 Å². The molecular formula is C28H21F3N2O2. The first kappa shape index (κ1) is 22.7. The summed E-state index contributed by atoms with van der Waals surface area (Å²) in [5.41, 5.74) is 1.41. The lowest BCUT2D eigenvalue weighted by molar-refractivity contribution is 0.0404. The van der Waals surface area contributed by atoms with Gasteiger partial charge < -0.3 is 9.74 Å². The molecule has 1 heterocycles. The highest BCUT2D eigenvalue weighted by molar-refractivity contribution is 6.07. The van der Waals surface area contributed by atoms with Gasteiger partial charge in [0.15, 0.2) is 6.10 Å². The molecule has 1 atom stereocenters. The van der Waals surface area contributed by atoms with Crippen molar-refractivity contribution in [2.24, 2.45) is 5.16 Å². The molecule has 0 saturated heterocycles. The number of amides is 1. The minimum Gasteiger partial charge on any atom is -0.390 e. The Kier molecular flexibility index (Phi) is 6.23. The van der Waals surface area contributed by atoms with Crippen molar-refractivity contribution in [3.8, 4) is 0 Å². The third kappa shape index (κ3) is 4.75. The number of benzene rings is 4. The quantitative estimate of drug-likeness (QED) is 0.339. The lowest BCUT2D eigenvalue weighted by Gasteiger charge is -2.26. The van der Waals surface area contributed by atoms with E-state index in [0.717, 1.165) is 22.9 Å². The highest BCUT2D eigenvalue weighted by Gasteiger charge is 2.29. The van der Waals surface area contributed by atoms with Crippen molar-refractivity contribution in [2.75, 3.05) is 6.54 Å². The molecule has 0 aromatic heterocycles. The molecule has 176 valence electrons. The molecule has 0 spiro atoms. The van der Waals surface area contributed by atoms with E-state index in [1.807, 2.05) is 30.3 Å². The van der Waals surface area contributed by atoms with Crippen LogP contribution in [0.5, 0.6) is 0 Å². The van der Waals surface area contributed by atoms with E-state index in [1.165, 1.54) is 17.0 Å². The molecule has 4 aromatic rings. The van der Waals surface area contributed by atoms with Crippen LogP contribution >= 0.6 is 0 Å². The number of carbonyl (C=O) groups excluding carboxylic acids is 1. The van der Waals surface area contributed by atoms with Crippen LogP contribution in [0.15, 0.2) is 90.1 Å². The maximum Gasteiger partial charge on any atom is 0.254 e. The van der Waals surface area contributed by atoms with Crippen LogP contribution < -0.4 is 0 Å². The average molecular weight is 474 g/mol. The second-order valence-electron chi connectivity index (χ2n) is 8.40. The van der Waals surface area contributed by atoms with Crippen molar-refractivity contribution in [1.29, 1.82) is 0 Å². The standard InChI is InChI=1S/C28H21F3N2O2/c29-20-13-12-19(26(31)14-20)16-33(28(34)23-10-5-7-18-6-1-2-8-22(18)23)17-21-15-27(32-35-21)24-9-3-4-11-25(24)30/h1-14,21H,15-17H2/t21-/m1/s1. The predicted molar refractivity (Wildman–Crippen MR) is 127 cm³/mol. The van der Waals surface area contributed by atoms with Crippen molar-refractivity contribution >= 4 is 22.4 Å². The molecule has 0 N–H and O–H groups in total. The summed E-state index contributed by atoms with van der Waals surface area (Å²) in [6.07, 6.45) is -0.265. The zero-order chi connectivity index (χ0) is 24.4. The van der Waals surface area contributed by atoms with E-state index < -0.39 is 23.6 Å². The fourth-order valence-corrected chi connectivity index (χ4v) is 4.28. The zero-order valence-corrected chi connectivity index (χ0v) is 18.6.